The third kappa shape index (κ3) is 13.1. The number of carbonyl (C=O) groups excluding carboxylic acids is 2. The van der Waals surface area contributed by atoms with Crippen LogP contribution in [0.25, 0.3) is 0 Å². The summed E-state index contributed by atoms with van der Waals surface area (Å²) in [6, 6.07) is 0. The summed E-state index contributed by atoms with van der Waals surface area (Å²) in [5, 5.41) is 19.1. The second-order valence-corrected chi connectivity index (χ2v) is 10.4. The van der Waals surface area contributed by atoms with E-state index in [1.807, 2.05) is 27.7 Å². The van der Waals surface area contributed by atoms with Gasteiger partial charge in [-0.3, -0.25) is 0 Å². The first-order valence-electron chi connectivity index (χ1n) is 11.7. The lowest BCUT2D eigenvalue weighted by Gasteiger charge is -2.20. The molecular weight excluding hydrogens is 376 g/mol. The van der Waals surface area contributed by atoms with E-state index in [1.54, 1.807) is 0 Å². The van der Waals surface area contributed by atoms with E-state index in [0.717, 1.165) is 89.6 Å². The van der Waals surface area contributed by atoms with Crippen molar-refractivity contribution < 1.29 is 19.8 Å². The Hall–Kier alpha value is -1.26. The van der Waals surface area contributed by atoms with Crippen LogP contribution < -0.4 is 0 Å². The van der Waals surface area contributed by atoms with Gasteiger partial charge in [-0.25, -0.2) is 0 Å². The first-order valence-corrected chi connectivity index (χ1v) is 11.7. The van der Waals surface area contributed by atoms with Crippen molar-refractivity contribution >= 4 is 12.6 Å². The van der Waals surface area contributed by atoms with Crippen LogP contribution in [0.4, 0.5) is 0 Å². The van der Waals surface area contributed by atoms with Crippen molar-refractivity contribution in [3.05, 3.63) is 23.3 Å². The number of carbonyl (C=O) groups is 2. The van der Waals surface area contributed by atoms with Gasteiger partial charge in [-0.15, -0.1) is 0 Å². The summed E-state index contributed by atoms with van der Waals surface area (Å²) >= 11 is 0. The molecule has 2 N–H and O–H groups in total. The molecule has 0 unspecified atom stereocenters. The average molecular weight is 421 g/mol. The standard InChI is InChI=1S/2C13H22O2/c1-13(2,15)8-4-7-11-5-3-6-12(9-11)10-14;1-13(2,15)9-3-4-11-5-7-12(10-14)8-6-11/h2*5,10,12,15H,3-4,6-9H2,1-2H3/t2*12-/m01/s1. The van der Waals surface area contributed by atoms with E-state index < -0.39 is 11.2 Å². The molecule has 0 aromatic rings. The Labute approximate surface area is 183 Å². The molecule has 2 aliphatic carbocycles. The third-order valence-corrected chi connectivity index (χ3v) is 6.00. The predicted molar refractivity (Wildman–Crippen MR) is 123 cm³/mol. The first-order chi connectivity index (χ1) is 14.0. The third-order valence-electron chi connectivity index (χ3n) is 6.00. The first kappa shape index (κ1) is 26.8. The van der Waals surface area contributed by atoms with E-state index in [4.69, 9.17) is 0 Å². The van der Waals surface area contributed by atoms with Gasteiger partial charge in [-0.05, 0) is 105 Å². The van der Waals surface area contributed by atoms with Gasteiger partial charge in [-0.2, -0.15) is 0 Å². The Morgan fingerprint density at radius 3 is 1.90 bits per heavy atom. The van der Waals surface area contributed by atoms with Crippen LogP contribution in [-0.2, 0) is 9.59 Å². The van der Waals surface area contributed by atoms with Gasteiger partial charge in [0.05, 0.1) is 11.2 Å². The van der Waals surface area contributed by atoms with E-state index >= 15 is 0 Å². The maximum absolute atomic E-state index is 10.7. The van der Waals surface area contributed by atoms with E-state index in [0.29, 0.717) is 0 Å². The van der Waals surface area contributed by atoms with E-state index in [2.05, 4.69) is 12.2 Å². The highest BCUT2D eigenvalue weighted by atomic mass is 16.3. The summed E-state index contributed by atoms with van der Waals surface area (Å²) in [5.74, 6) is 0.496. The fourth-order valence-electron chi connectivity index (χ4n) is 4.10. The van der Waals surface area contributed by atoms with E-state index in [1.165, 1.54) is 11.1 Å². The number of rotatable bonds is 10. The minimum absolute atomic E-state index is 0.243. The van der Waals surface area contributed by atoms with Crippen LogP contribution in [0.5, 0.6) is 0 Å². The number of allylic oxidation sites excluding steroid dienone is 4. The van der Waals surface area contributed by atoms with Crippen LogP contribution in [0.15, 0.2) is 23.3 Å². The summed E-state index contributed by atoms with van der Waals surface area (Å²) < 4.78 is 0. The predicted octanol–water partition coefficient (Wildman–Crippen LogP) is 5.71. The molecule has 2 aliphatic rings. The molecule has 0 saturated carbocycles. The number of aldehydes is 2. The molecule has 0 aromatic heterocycles. The molecule has 0 heterocycles. The van der Waals surface area contributed by atoms with E-state index in [9.17, 15) is 19.8 Å². The van der Waals surface area contributed by atoms with Crippen molar-refractivity contribution in [2.75, 3.05) is 0 Å². The summed E-state index contributed by atoms with van der Waals surface area (Å²) in [6.07, 6.45) is 18.5. The Balaban J connectivity index is 0.000000300. The molecule has 4 nitrogen and oxygen atoms in total. The Morgan fingerprint density at radius 1 is 0.867 bits per heavy atom. The normalized spacial score (nSPS) is 22.3. The fourth-order valence-corrected chi connectivity index (χ4v) is 4.10. The van der Waals surface area contributed by atoms with Gasteiger partial charge in [0.25, 0.3) is 0 Å². The number of aliphatic hydroxyl groups is 2. The van der Waals surface area contributed by atoms with Crippen LogP contribution in [0, 0.1) is 11.8 Å². The lowest BCUT2D eigenvalue weighted by atomic mass is 9.87. The van der Waals surface area contributed by atoms with Gasteiger partial charge in [0, 0.05) is 11.8 Å². The lowest BCUT2D eigenvalue weighted by molar-refractivity contribution is -0.112. The largest absolute Gasteiger partial charge is 0.390 e. The SMILES string of the molecule is CC(C)(O)CCCC1=CCC[C@H](C=O)C1.CC(C)(O)CCCC1=CC[C@@H](C=O)CC1. The summed E-state index contributed by atoms with van der Waals surface area (Å²) in [6.45, 7) is 7.39. The maximum atomic E-state index is 10.7. The average Bonchev–Trinajstić information content (AvgIpc) is 2.67. The zero-order chi connectivity index (χ0) is 22.6. The Bertz CT molecular complexity index is 575. The quantitative estimate of drug-likeness (QED) is 0.351. The van der Waals surface area contributed by atoms with Crippen molar-refractivity contribution in [3.8, 4) is 0 Å². The Kier molecular flexibility index (Phi) is 11.8. The highest BCUT2D eigenvalue weighted by molar-refractivity contribution is 5.55. The van der Waals surface area contributed by atoms with Gasteiger partial charge >= 0.3 is 0 Å². The smallest absolute Gasteiger partial charge is 0.123 e. The topological polar surface area (TPSA) is 74.6 Å². The molecule has 0 aromatic carbocycles. The molecule has 2 rings (SSSR count). The van der Waals surface area contributed by atoms with Crippen LogP contribution >= 0.6 is 0 Å². The molecule has 172 valence electrons. The molecule has 0 amide bonds. The van der Waals surface area contributed by atoms with Gasteiger partial charge in [0.1, 0.15) is 12.6 Å². The van der Waals surface area contributed by atoms with Gasteiger partial charge < -0.3 is 19.8 Å². The van der Waals surface area contributed by atoms with Crippen molar-refractivity contribution in [2.45, 2.75) is 116 Å². The molecule has 0 spiro atoms. The van der Waals surface area contributed by atoms with Crippen LogP contribution in [0.3, 0.4) is 0 Å². The molecule has 0 saturated heterocycles. The van der Waals surface area contributed by atoms with Gasteiger partial charge in [-0.1, -0.05) is 23.3 Å². The van der Waals surface area contributed by atoms with Crippen LogP contribution in [0.1, 0.15) is 105 Å². The second kappa shape index (κ2) is 13.2. The maximum Gasteiger partial charge on any atom is 0.123 e. The van der Waals surface area contributed by atoms with Crippen molar-refractivity contribution in [2.24, 2.45) is 11.8 Å². The Morgan fingerprint density at radius 2 is 1.43 bits per heavy atom. The molecular formula is C26H44O4. The van der Waals surface area contributed by atoms with E-state index in [-0.39, 0.29) is 11.8 Å². The molecule has 0 radical (unpaired) electrons. The monoisotopic (exact) mass is 420 g/mol. The molecule has 0 bridgehead atoms. The molecule has 2 atom stereocenters. The minimum atomic E-state index is -0.556. The highest BCUT2D eigenvalue weighted by Gasteiger charge is 2.17. The van der Waals surface area contributed by atoms with Crippen LogP contribution in [0.2, 0.25) is 0 Å². The minimum Gasteiger partial charge on any atom is -0.390 e. The van der Waals surface area contributed by atoms with Gasteiger partial charge in [0.15, 0.2) is 0 Å². The summed E-state index contributed by atoms with van der Waals surface area (Å²) in [7, 11) is 0. The fraction of sp³-hybridized carbons (Fsp3) is 0.769. The van der Waals surface area contributed by atoms with Crippen LogP contribution in [-0.4, -0.2) is 34.0 Å². The molecule has 4 heteroatoms. The second-order valence-electron chi connectivity index (χ2n) is 10.4. The van der Waals surface area contributed by atoms with Crippen molar-refractivity contribution in [1.82, 2.24) is 0 Å². The number of hydrogen-bond acceptors (Lipinski definition) is 4. The van der Waals surface area contributed by atoms with Gasteiger partial charge in [0.2, 0.25) is 0 Å². The summed E-state index contributed by atoms with van der Waals surface area (Å²) in [4.78, 5) is 21.2. The number of hydrogen-bond donors (Lipinski definition) is 2. The molecule has 0 fully saturated rings. The zero-order valence-corrected chi connectivity index (χ0v) is 19.7. The summed E-state index contributed by atoms with van der Waals surface area (Å²) in [5.41, 5.74) is 1.78. The lowest BCUT2D eigenvalue weighted by Crippen LogP contribution is -2.18. The molecule has 30 heavy (non-hydrogen) atoms. The zero-order valence-electron chi connectivity index (χ0n) is 19.7. The highest BCUT2D eigenvalue weighted by Crippen LogP contribution is 2.27. The van der Waals surface area contributed by atoms with Crippen molar-refractivity contribution in [3.63, 3.8) is 0 Å². The van der Waals surface area contributed by atoms with Crippen molar-refractivity contribution in [1.29, 1.82) is 0 Å². The molecule has 0 aliphatic heterocycles.